The molecule has 0 fully saturated rings. The number of ether oxygens (including phenoxy) is 1. The summed E-state index contributed by atoms with van der Waals surface area (Å²) in [6.07, 6.45) is 0. The van der Waals surface area contributed by atoms with Crippen LogP contribution in [0.15, 0.2) is 33.2 Å². The molecule has 2 heterocycles. The molecule has 0 saturated heterocycles. The number of esters is 1. The Labute approximate surface area is 136 Å². The Morgan fingerprint density at radius 3 is 2.79 bits per heavy atom. The highest BCUT2D eigenvalue weighted by molar-refractivity contribution is 5.93. The summed E-state index contributed by atoms with van der Waals surface area (Å²) in [5.74, 6) is -0.789. The quantitative estimate of drug-likeness (QED) is 0.672. The summed E-state index contributed by atoms with van der Waals surface area (Å²) in [5, 5.41) is 26.9. The van der Waals surface area contributed by atoms with E-state index in [-0.39, 0.29) is 29.4 Å². The molecule has 1 aliphatic rings. The first-order chi connectivity index (χ1) is 11.4. The fourth-order valence-corrected chi connectivity index (χ4v) is 2.41. The second-order valence-electron chi connectivity index (χ2n) is 5.27. The van der Waals surface area contributed by atoms with E-state index in [1.165, 1.54) is 14.0 Å². The minimum atomic E-state index is -0.563. The summed E-state index contributed by atoms with van der Waals surface area (Å²) in [6, 6.07) is 6.66. The Morgan fingerprint density at radius 2 is 2.08 bits per heavy atom. The number of hydrogen-bond acceptors (Lipinski definition) is 7. The van der Waals surface area contributed by atoms with Crippen molar-refractivity contribution >= 4 is 17.3 Å². The zero-order valence-electron chi connectivity index (χ0n) is 12.9. The van der Waals surface area contributed by atoms with Crippen molar-refractivity contribution in [1.82, 2.24) is 4.57 Å². The topological polar surface area (TPSA) is 117 Å². The summed E-state index contributed by atoms with van der Waals surface area (Å²) in [5.41, 5.74) is 1.26. The summed E-state index contributed by atoms with van der Waals surface area (Å²) in [7, 11) is 1.34. The van der Waals surface area contributed by atoms with Crippen LogP contribution in [0.3, 0.4) is 0 Å². The van der Waals surface area contributed by atoms with E-state index >= 15 is 0 Å². The number of cyclic esters (lactones) is 1. The number of pyridine rings is 1. The standard InChI is InChI=1S/C16H12N4O4/c1-8-12(6-17)14(21)20(2)15(22)13(8)19-18-10-3-4-11-9(5-10)7-24-16(11)23/h3-5,21H,7H2,1-2H3. The van der Waals surface area contributed by atoms with Gasteiger partial charge >= 0.3 is 5.97 Å². The van der Waals surface area contributed by atoms with E-state index in [0.29, 0.717) is 16.8 Å². The Kier molecular flexibility index (Phi) is 3.62. The van der Waals surface area contributed by atoms with Crippen molar-refractivity contribution in [2.75, 3.05) is 0 Å². The van der Waals surface area contributed by atoms with Gasteiger partial charge in [0.2, 0.25) is 5.88 Å². The first-order valence-electron chi connectivity index (χ1n) is 6.98. The van der Waals surface area contributed by atoms with Crippen LogP contribution >= 0.6 is 0 Å². The van der Waals surface area contributed by atoms with Gasteiger partial charge in [0.25, 0.3) is 5.56 Å². The second kappa shape index (κ2) is 5.62. The van der Waals surface area contributed by atoms with Gasteiger partial charge in [0.15, 0.2) is 5.69 Å². The van der Waals surface area contributed by atoms with Gasteiger partial charge in [-0.25, -0.2) is 4.79 Å². The number of azo groups is 1. The predicted molar refractivity (Wildman–Crippen MR) is 82.5 cm³/mol. The van der Waals surface area contributed by atoms with Crippen molar-refractivity contribution < 1.29 is 14.6 Å². The molecule has 0 amide bonds. The van der Waals surface area contributed by atoms with Crippen molar-refractivity contribution in [1.29, 1.82) is 5.26 Å². The van der Waals surface area contributed by atoms with E-state index in [4.69, 9.17) is 10.00 Å². The number of fused-ring (bicyclic) bond motifs is 1. The molecule has 24 heavy (non-hydrogen) atoms. The number of aromatic nitrogens is 1. The van der Waals surface area contributed by atoms with Crippen LogP contribution in [0.25, 0.3) is 0 Å². The maximum Gasteiger partial charge on any atom is 0.338 e. The lowest BCUT2D eigenvalue weighted by molar-refractivity contribution is 0.0535. The third-order valence-electron chi connectivity index (χ3n) is 3.82. The molecule has 3 rings (SSSR count). The van der Waals surface area contributed by atoms with Gasteiger partial charge in [-0.05, 0) is 25.1 Å². The molecule has 8 heteroatoms. The van der Waals surface area contributed by atoms with E-state index in [2.05, 4.69) is 10.2 Å². The molecule has 2 aromatic rings. The molecular formula is C16H12N4O4. The van der Waals surface area contributed by atoms with E-state index in [0.717, 1.165) is 4.57 Å². The Bertz CT molecular complexity index is 999. The predicted octanol–water partition coefficient (Wildman–Crippen LogP) is 2.36. The van der Waals surface area contributed by atoms with Crippen LogP contribution in [0.1, 0.15) is 27.0 Å². The Hall–Kier alpha value is -3.47. The monoisotopic (exact) mass is 324 g/mol. The maximum absolute atomic E-state index is 12.2. The maximum atomic E-state index is 12.2. The number of carbonyl (C=O) groups excluding carboxylic acids is 1. The van der Waals surface area contributed by atoms with Gasteiger partial charge in [0.1, 0.15) is 18.2 Å². The van der Waals surface area contributed by atoms with Crippen molar-refractivity contribution in [3.8, 4) is 11.9 Å². The van der Waals surface area contributed by atoms with E-state index in [1.54, 1.807) is 18.2 Å². The Morgan fingerprint density at radius 1 is 1.33 bits per heavy atom. The lowest BCUT2D eigenvalue weighted by Crippen LogP contribution is -2.18. The molecule has 1 aromatic heterocycles. The number of carbonyl (C=O) groups is 1. The first kappa shape index (κ1) is 15.4. The van der Waals surface area contributed by atoms with Crippen LogP contribution in [-0.4, -0.2) is 15.6 Å². The third kappa shape index (κ3) is 2.32. The lowest BCUT2D eigenvalue weighted by atomic mass is 10.1. The highest BCUT2D eigenvalue weighted by Crippen LogP contribution is 2.28. The van der Waals surface area contributed by atoms with Gasteiger partial charge in [-0.1, -0.05) is 0 Å². The molecule has 1 N–H and O–H groups in total. The third-order valence-corrected chi connectivity index (χ3v) is 3.82. The van der Waals surface area contributed by atoms with Crippen molar-refractivity contribution in [3.05, 3.63) is 50.8 Å². The zero-order chi connectivity index (χ0) is 17.4. The van der Waals surface area contributed by atoms with Crippen molar-refractivity contribution in [3.63, 3.8) is 0 Å². The molecule has 1 aliphatic heterocycles. The minimum absolute atomic E-state index is 0.0281. The minimum Gasteiger partial charge on any atom is -0.493 e. The largest absolute Gasteiger partial charge is 0.493 e. The summed E-state index contributed by atoms with van der Waals surface area (Å²) < 4.78 is 5.85. The molecular weight excluding hydrogens is 312 g/mol. The molecule has 0 saturated carbocycles. The van der Waals surface area contributed by atoms with Gasteiger partial charge < -0.3 is 9.84 Å². The molecule has 8 nitrogen and oxygen atoms in total. The number of hydrogen-bond donors (Lipinski definition) is 1. The molecule has 0 unspecified atom stereocenters. The molecule has 0 aliphatic carbocycles. The van der Waals surface area contributed by atoms with E-state index in [1.807, 2.05) is 6.07 Å². The molecule has 0 radical (unpaired) electrons. The number of benzene rings is 1. The van der Waals surface area contributed by atoms with Crippen LogP contribution in [-0.2, 0) is 18.4 Å². The van der Waals surface area contributed by atoms with Crippen LogP contribution in [0, 0.1) is 18.3 Å². The molecule has 0 spiro atoms. The fraction of sp³-hybridized carbons (Fsp3) is 0.188. The number of nitrogens with zero attached hydrogens (tertiary/aromatic N) is 4. The molecule has 120 valence electrons. The van der Waals surface area contributed by atoms with Crippen LogP contribution in [0.5, 0.6) is 5.88 Å². The van der Waals surface area contributed by atoms with Gasteiger partial charge in [-0.3, -0.25) is 9.36 Å². The van der Waals surface area contributed by atoms with E-state index in [9.17, 15) is 14.7 Å². The average molecular weight is 324 g/mol. The highest BCUT2D eigenvalue weighted by atomic mass is 16.5. The summed E-state index contributed by atoms with van der Waals surface area (Å²) in [6.45, 7) is 1.69. The zero-order valence-corrected chi connectivity index (χ0v) is 12.9. The first-order valence-corrected chi connectivity index (χ1v) is 6.98. The normalized spacial score (nSPS) is 13.0. The van der Waals surface area contributed by atoms with Crippen LogP contribution < -0.4 is 5.56 Å². The fourth-order valence-electron chi connectivity index (χ4n) is 2.41. The molecule has 0 bridgehead atoms. The SMILES string of the molecule is Cc1c(C#N)c(O)n(C)c(=O)c1N=Nc1ccc2c(c1)COC2=O. The lowest BCUT2D eigenvalue weighted by Gasteiger charge is -2.08. The second-order valence-corrected chi connectivity index (χ2v) is 5.27. The average Bonchev–Trinajstić information content (AvgIpc) is 2.94. The summed E-state index contributed by atoms with van der Waals surface area (Å²) >= 11 is 0. The summed E-state index contributed by atoms with van der Waals surface area (Å²) in [4.78, 5) is 23.6. The van der Waals surface area contributed by atoms with E-state index < -0.39 is 11.4 Å². The van der Waals surface area contributed by atoms with Gasteiger partial charge in [0, 0.05) is 18.2 Å². The number of aromatic hydroxyl groups is 1. The van der Waals surface area contributed by atoms with Gasteiger partial charge in [-0.2, -0.15) is 10.4 Å². The highest BCUT2D eigenvalue weighted by Gasteiger charge is 2.21. The molecule has 0 atom stereocenters. The number of nitriles is 1. The van der Waals surface area contributed by atoms with Gasteiger partial charge in [-0.15, -0.1) is 5.11 Å². The van der Waals surface area contributed by atoms with Crippen LogP contribution in [0.4, 0.5) is 11.4 Å². The van der Waals surface area contributed by atoms with Gasteiger partial charge in [0.05, 0.1) is 11.3 Å². The Balaban J connectivity index is 2.05. The van der Waals surface area contributed by atoms with Crippen LogP contribution in [0.2, 0.25) is 0 Å². The van der Waals surface area contributed by atoms with Crippen molar-refractivity contribution in [2.24, 2.45) is 17.3 Å². The smallest absolute Gasteiger partial charge is 0.338 e. The molecule has 1 aromatic carbocycles. The number of rotatable bonds is 2. The van der Waals surface area contributed by atoms with Crippen molar-refractivity contribution in [2.45, 2.75) is 13.5 Å².